The van der Waals surface area contributed by atoms with Crippen molar-refractivity contribution in [2.24, 2.45) is 17.4 Å². The first kappa shape index (κ1) is 32.8. The van der Waals surface area contributed by atoms with Gasteiger partial charge in [-0.1, -0.05) is 32.4 Å². The summed E-state index contributed by atoms with van der Waals surface area (Å²) in [7, 11) is 0. The van der Waals surface area contributed by atoms with Crippen molar-refractivity contribution in [1.82, 2.24) is 16.0 Å². The Balaban J connectivity index is 3.19. The lowest BCUT2D eigenvalue weighted by Crippen LogP contribution is -2.58. The summed E-state index contributed by atoms with van der Waals surface area (Å²) < 4.78 is 0. The van der Waals surface area contributed by atoms with Crippen LogP contribution in [0.15, 0.2) is 24.3 Å². The fourth-order valence-corrected chi connectivity index (χ4v) is 3.53. The molecule has 0 unspecified atom stereocenters. The quantitative estimate of drug-likeness (QED) is 0.117. The number of amides is 4. The number of carboxylic acids is 2. The first-order valence-corrected chi connectivity index (χ1v) is 12.4. The average molecular weight is 552 g/mol. The minimum atomic E-state index is -1.36. The van der Waals surface area contributed by atoms with Crippen LogP contribution >= 0.6 is 0 Å². The molecule has 0 spiro atoms. The molecule has 0 aromatic heterocycles. The van der Waals surface area contributed by atoms with E-state index in [-0.39, 0.29) is 37.9 Å². The van der Waals surface area contributed by atoms with E-state index in [2.05, 4.69) is 16.0 Å². The van der Waals surface area contributed by atoms with Crippen molar-refractivity contribution in [3.8, 4) is 5.75 Å². The van der Waals surface area contributed by atoms with Gasteiger partial charge in [0.15, 0.2) is 0 Å². The van der Waals surface area contributed by atoms with Crippen molar-refractivity contribution in [1.29, 1.82) is 0 Å². The zero-order chi connectivity index (χ0) is 29.7. The number of phenols is 1. The molecule has 0 aliphatic rings. The third kappa shape index (κ3) is 11.8. The molecule has 0 radical (unpaired) electrons. The maximum atomic E-state index is 13.2. The Labute approximate surface area is 225 Å². The average Bonchev–Trinajstić information content (AvgIpc) is 2.87. The summed E-state index contributed by atoms with van der Waals surface area (Å²) in [6.45, 7) is 3.41. The Hall–Kier alpha value is -4.20. The van der Waals surface area contributed by atoms with Gasteiger partial charge in [0.2, 0.25) is 23.6 Å². The van der Waals surface area contributed by atoms with Gasteiger partial charge in [0.25, 0.3) is 0 Å². The van der Waals surface area contributed by atoms with Gasteiger partial charge < -0.3 is 42.7 Å². The number of nitrogens with two attached hydrogens (primary N) is 2. The third-order valence-electron chi connectivity index (χ3n) is 6.10. The van der Waals surface area contributed by atoms with E-state index >= 15 is 0 Å². The second kappa shape index (κ2) is 15.9. The van der Waals surface area contributed by atoms with Crippen LogP contribution in [0.5, 0.6) is 5.75 Å². The predicted molar refractivity (Wildman–Crippen MR) is 138 cm³/mol. The Morgan fingerprint density at radius 2 is 1.41 bits per heavy atom. The van der Waals surface area contributed by atoms with E-state index in [0.29, 0.717) is 12.0 Å². The molecule has 39 heavy (non-hydrogen) atoms. The van der Waals surface area contributed by atoms with Crippen molar-refractivity contribution in [3.05, 3.63) is 29.8 Å². The van der Waals surface area contributed by atoms with E-state index < -0.39 is 65.7 Å². The van der Waals surface area contributed by atoms with Gasteiger partial charge in [0.1, 0.15) is 23.9 Å². The SMILES string of the molecule is CC[C@H](C)[C@H](NC(=O)[C@H](Cc1ccc(O)cc1)NC(=O)[C@H](CCC(N)=O)NC(=O)[C@@H](N)CCC(=O)O)C(=O)O. The van der Waals surface area contributed by atoms with Gasteiger partial charge in [-0.3, -0.25) is 24.0 Å². The molecule has 0 bridgehead atoms. The molecule has 0 fully saturated rings. The van der Waals surface area contributed by atoms with E-state index in [1.807, 2.05) is 0 Å². The van der Waals surface area contributed by atoms with Crippen molar-refractivity contribution in [3.63, 3.8) is 0 Å². The number of benzene rings is 1. The van der Waals surface area contributed by atoms with Gasteiger partial charge >= 0.3 is 11.9 Å². The van der Waals surface area contributed by atoms with E-state index in [1.165, 1.54) is 24.3 Å². The predicted octanol–water partition coefficient (Wildman–Crippen LogP) is -1.02. The van der Waals surface area contributed by atoms with E-state index in [9.17, 15) is 39.0 Å². The summed E-state index contributed by atoms with van der Waals surface area (Å²) in [4.78, 5) is 72.7. The van der Waals surface area contributed by atoms with E-state index in [4.69, 9.17) is 16.6 Å². The Bertz CT molecular complexity index is 1030. The number of hydrogen-bond acceptors (Lipinski definition) is 8. The largest absolute Gasteiger partial charge is 0.508 e. The van der Waals surface area contributed by atoms with Crippen LogP contribution in [0.4, 0.5) is 0 Å². The molecule has 1 aromatic carbocycles. The molecule has 216 valence electrons. The Morgan fingerprint density at radius 3 is 1.92 bits per heavy atom. The first-order valence-electron chi connectivity index (χ1n) is 12.4. The van der Waals surface area contributed by atoms with Crippen LogP contribution in [0, 0.1) is 5.92 Å². The smallest absolute Gasteiger partial charge is 0.326 e. The molecule has 0 aliphatic carbocycles. The highest BCUT2D eigenvalue weighted by Crippen LogP contribution is 2.13. The third-order valence-corrected chi connectivity index (χ3v) is 6.10. The summed E-state index contributed by atoms with van der Waals surface area (Å²) in [6.07, 6.45) is -0.774. The highest BCUT2D eigenvalue weighted by molar-refractivity contribution is 5.94. The highest BCUT2D eigenvalue weighted by Gasteiger charge is 2.32. The zero-order valence-corrected chi connectivity index (χ0v) is 21.9. The van der Waals surface area contributed by atoms with Crippen molar-refractivity contribution in [2.45, 2.75) is 76.5 Å². The minimum absolute atomic E-state index is 0.0278. The van der Waals surface area contributed by atoms with Crippen molar-refractivity contribution >= 4 is 35.6 Å². The maximum absolute atomic E-state index is 13.2. The fraction of sp³-hybridized carbons (Fsp3) is 0.520. The van der Waals surface area contributed by atoms with Gasteiger partial charge in [-0.15, -0.1) is 0 Å². The molecule has 4 amide bonds. The number of aromatic hydroxyl groups is 1. The molecule has 0 saturated heterocycles. The van der Waals surface area contributed by atoms with Gasteiger partial charge in [-0.25, -0.2) is 4.79 Å². The molecule has 1 aromatic rings. The number of rotatable bonds is 17. The van der Waals surface area contributed by atoms with Crippen LogP contribution in [0.2, 0.25) is 0 Å². The van der Waals surface area contributed by atoms with Gasteiger partial charge in [-0.05, 0) is 36.5 Å². The van der Waals surface area contributed by atoms with Crippen LogP contribution < -0.4 is 27.4 Å². The zero-order valence-electron chi connectivity index (χ0n) is 21.9. The molecule has 5 atom stereocenters. The maximum Gasteiger partial charge on any atom is 0.326 e. The molecule has 0 heterocycles. The lowest BCUT2D eigenvalue weighted by molar-refractivity contribution is -0.144. The number of carbonyl (C=O) groups excluding carboxylic acids is 4. The number of carbonyl (C=O) groups is 6. The second-order valence-corrected chi connectivity index (χ2v) is 9.25. The monoisotopic (exact) mass is 551 g/mol. The fourth-order valence-electron chi connectivity index (χ4n) is 3.53. The number of nitrogens with one attached hydrogen (secondary N) is 3. The topological polar surface area (TPSA) is 251 Å². The summed E-state index contributed by atoms with van der Waals surface area (Å²) in [5, 5.41) is 35.2. The minimum Gasteiger partial charge on any atom is -0.508 e. The van der Waals surface area contributed by atoms with Crippen LogP contribution in [0.1, 0.15) is 51.5 Å². The molecule has 0 saturated carbocycles. The lowest BCUT2D eigenvalue weighted by Gasteiger charge is -2.26. The standard InChI is InChI=1S/C25H37N5O9/c1-3-13(2)21(25(38)39)30-24(37)18(12-14-4-6-15(31)7-5-14)29-23(36)17(9-10-19(27)32)28-22(35)16(26)8-11-20(33)34/h4-7,13,16-18,21,31H,3,8-12,26H2,1-2H3,(H2,27,32)(H,28,35)(H,29,36)(H,30,37)(H,33,34)(H,38,39)/t13-,16-,17-,18-,21-/m0/s1. The molecule has 0 aliphatic heterocycles. The normalized spacial score (nSPS) is 14.6. The number of carboxylic acid groups (broad SMARTS) is 2. The summed E-state index contributed by atoms with van der Waals surface area (Å²) in [6, 6.07) is 0.617. The van der Waals surface area contributed by atoms with E-state index in [1.54, 1.807) is 13.8 Å². The summed E-state index contributed by atoms with van der Waals surface area (Å²) in [5.74, 6) is -6.15. The molecular formula is C25H37N5O9. The second-order valence-electron chi connectivity index (χ2n) is 9.25. The summed E-state index contributed by atoms with van der Waals surface area (Å²) in [5.41, 5.74) is 11.4. The van der Waals surface area contributed by atoms with Crippen molar-refractivity contribution < 1.29 is 44.1 Å². The van der Waals surface area contributed by atoms with Crippen LogP contribution in [-0.2, 0) is 35.2 Å². The first-order chi connectivity index (χ1) is 18.2. The number of hydrogen-bond donors (Lipinski definition) is 8. The molecule has 10 N–H and O–H groups in total. The van der Waals surface area contributed by atoms with Gasteiger partial charge in [0.05, 0.1) is 6.04 Å². The molecular weight excluding hydrogens is 514 g/mol. The van der Waals surface area contributed by atoms with E-state index in [0.717, 1.165) is 0 Å². The lowest BCUT2D eigenvalue weighted by atomic mass is 9.98. The highest BCUT2D eigenvalue weighted by atomic mass is 16.4. The summed E-state index contributed by atoms with van der Waals surface area (Å²) >= 11 is 0. The van der Waals surface area contributed by atoms with Gasteiger partial charge in [-0.2, -0.15) is 0 Å². The molecule has 14 heteroatoms. The Morgan fingerprint density at radius 1 is 0.846 bits per heavy atom. The Kier molecular flexibility index (Phi) is 13.4. The molecule has 14 nitrogen and oxygen atoms in total. The number of aliphatic carboxylic acids is 2. The number of primary amides is 1. The number of phenolic OH excluding ortho intramolecular Hbond substituents is 1. The van der Waals surface area contributed by atoms with Crippen molar-refractivity contribution in [2.75, 3.05) is 0 Å². The van der Waals surface area contributed by atoms with Crippen LogP contribution in [0.25, 0.3) is 0 Å². The van der Waals surface area contributed by atoms with Crippen LogP contribution in [-0.4, -0.2) is 75.1 Å². The van der Waals surface area contributed by atoms with Crippen LogP contribution in [0.3, 0.4) is 0 Å². The van der Waals surface area contributed by atoms with Gasteiger partial charge in [0, 0.05) is 19.3 Å². The molecule has 1 rings (SSSR count).